The van der Waals surface area contributed by atoms with Crippen LogP contribution in [0.2, 0.25) is 0 Å². The van der Waals surface area contributed by atoms with Gasteiger partial charge in [-0.25, -0.2) is 8.42 Å². The second kappa shape index (κ2) is 8.75. The zero-order valence-electron chi connectivity index (χ0n) is 18.9. The van der Waals surface area contributed by atoms with Gasteiger partial charge in [0.05, 0.1) is 24.1 Å². The lowest BCUT2D eigenvalue weighted by atomic mass is 10.0. The molecule has 4 rings (SSSR count). The second-order valence-corrected chi connectivity index (χ2v) is 10.8. The molecule has 32 heavy (non-hydrogen) atoms. The smallest absolute Gasteiger partial charge is 0.254 e. The summed E-state index contributed by atoms with van der Waals surface area (Å²) in [4.78, 5) is 17.4. The quantitative estimate of drug-likeness (QED) is 0.763. The number of rotatable bonds is 4. The van der Waals surface area contributed by atoms with Gasteiger partial charge in [-0.1, -0.05) is 17.7 Å². The summed E-state index contributed by atoms with van der Waals surface area (Å²) in [5, 5.41) is 9.58. The van der Waals surface area contributed by atoms with E-state index in [0.29, 0.717) is 30.8 Å². The first-order chi connectivity index (χ1) is 15.2. The summed E-state index contributed by atoms with van der Waals surface area (Å²) < 4.78 is 26.2. The number of anilines is 2. The number of aliphatic hydroxyl groups is 1. The van der Waals surface area contributed by atoms with Crippen molar-refractivity contribution in [2.75, 3.05) is 47.7 Å². The van der Waals surface area contributed by atoms with E-state index in [9.17, 15) is 18.3 Å². The number of hydrogen-bond donors (Lipinski definition) is 1. The highest BCUT2D eigenvalue weighted by Crippen LogP contribution is 2.31. The first kappa shape index (κ1) is 22.6. The molecule has 172 valence electrons. The number of aryl methyl sites for hydroxylation is 3. The average molecular weight is 458 g/mol. The minimum Gasteiger partial charge on any atom is -0.394 e. The van der Waals surface area contributed by atoms with Gasteiger partial charge in [-0.3, -0.25) is 9.10 Å². The Bertz CT molecular complexity index is 1120. The van der Waals surface area contributed by atoms with Crippen LogP contribution in [0.15, 0.2) is 36.4 Å². The van der Waals surface area contributed by atoms with Crippen molar-refractivity contribution < 1.29 is 18.3 Å². The fourth-order valence-corrected chi connectivity index (χ4v) is 6.60. The Labute approximate surface area is 190 Å². The van der Waals surface area contributed by atoms with Gasteiger partial charge in [0.2, 0.25) is 10.0 Å². The Balaban J connectivity index is 1.47. The lowest BCUT2D eigenvalue weighted by molar-refractivity contribution is 0.0746. The van der Waals surface area contributed by atoms with Crippen LogP contribution >= 0.6 is 0 Å². The standard InChI is InChI=1S/C24H31N3O4S/c1-17-4-7-23(19(3)14-17)25-9-11-26(12-10-25)24(29)22-6-5-20(15-18(22)2)27-21(16-28)8-13-32(27,30)31/h4-7,14-15,21,28H,8-13,16H2,1-3H3/t21-/m0/s1. The molecule has 0 aliphatic carbocycles. The molecule has 2 aromatic carbocycles. The molecular formula is C24H31N3O4S. The maximum atomic E-state index is 13.2. The van der Waals surface area contributed by atoms with Gasteiger partial charge in [0.25, 0.3) is 5.91 Å². The Morgan fingerprint density at radius 1 is 1.00 bits per heavy atom. The van der Waals surface area contributed by atoms with Gasteiger partial charge in [0.15, 0.2) is 0 Å². The van der Waals surface area contributed by atoms with Crippen LogP contribution in [-0.4, -0.2) is 68.9 Å². The molecule has 0 aromatic heterocycles. The summed E-state index contributed by atoms with van der Waals surface area (Å²) in [6.45, 7) is 8.65. The molecule has 2 aromatic rings. The monoisotopic (exact) mass is 457 g/mol. The predicted molar refractivity (Wildman–Crippen MR) is 127 cm³/mol. The molecule has 0 bridgehead atoms. The third-order valence-electron chi connectivity index (χ3n) is 6.51. The zero-order valence-corrected chi connectivity index (χ0v) is 19.7. The Morgan fingerprint density at radius 2 is 1.72 bits per heavy atom. The van der Waals surface area contributed by atoms with E-state index in [1.165, 1.54) is 21.1 Å². The van der Waals surface area contributed by atoms with Gasteiger partial charge in [-0.15, -0.1) is 0 Å². The van der Waals surface area contributed by atoms with Gasteiger partial charge in [0, 0.05) is 37.4 Å². The summed E-state index contributed by atoms with van der Waals surface area (Å²) in [5.74, 6) is 0.000184. The number of sulfonamides is 1. The number of benzene rings is 2. The van der Waals surface area contributed by atoms with E-state index in [0.717, 1.165) is 18.7 Å². The third-order valence-corrected chi connectivity index (χ3v) is 8.37. The summed E-state index contributed by atoms with van der Waals surface area (Å²) in [5.41, 5.74) is 5.54. The third kappa shape index (κ3) is 4.21. The minimum atomic E-state index is -3.44. The summed E-state index contributed by atoms with van der Waals surface area (Å²) in [7, 11) is -3.44. The van der Waals surface area contributed by atoms with E-state index in [1.54, 1.807) is 18.2 Å². The van der Waals surface area contributed by atoms with Crippen molar-refractivity contribution in [2.45, 2.75) is 33.2 Å². The van der Waals surface area contributed by atoms with Crippen LogP contribution in [0.3, 0.4) is 0 Å². The molecule has 1 atom stereocenters. The zero-order chi connectivity index (χ0) is 23.0. The van der Waals surface area contributed by atoms with Crippen molar-refractivity contribution in [3.63, 3.8) is 0 Å². The number of aliphatic hydroxyl groups excluding tert-OH is 1. The number of hydrogen-bond acceptors (Lipinski definition) is 5. The molecule has 1 N–H and O–H groups in total. The predicted octanol–water partition coefficient (Wildman–Crippen LogP) is 2.48. The number of carbonyl (C=O) groups excluding carboxylic acids is 1. The molecular weight excluding hydrogens is 426 g/mol. The normalized spacial score (nSPS) is 20.6. The van der Waals surface area contributed by atoms with E-state index in [-0.39, 0.29) is 18.3 Å². The first-order valence-electron chi connectivity index (χ1n) is 11.1. The minimum absolute atomic E-state index is 0.0303. The molecule has 2 aliphatic heterocycles. The Kier molecular flexibility index (Phi) is 6.18. The molecule has 0 spiro atoms. The van der Waals surface area contributed by atoms with Crippen LogP contribution in [0, 0.1) is 20.8 Å². The molecule has 2 heterocycles. The number of amides is 1. The van der Waals surface area contributed by atoms with Crippen LogP contribution in [0.1, 0.15) is 33.5 Å². The highest BCUT2D eigenvalue weighted by molar-refractivity contribution is 7.93. The SMILES string of the molecule is Cc1ccc(N2CCN(C(=O)c3ccc(N4[C@H](CO)CCS4(=O)=O)cc3C)CC2)c(C)c1. The molecule has 2 saturated heterocycles. The van der Waals surface area contributed by atoms with E-state index in [1.807, 2.05) is 11.8 Å². The number of nitrogens with zero attached hydrogens (tertiary/aromatic N) is 3. The Morgan fingerprint density at radius 3 is 2.34 bits per heavy atom. The Hall–Kier alpha value is -2.58. The van der Waals surface area contributed by atoms with Crippen LogP contribution in [0.5, 0.6) is 0 Å². The van der Waals surface area contributed by atoms with E-state index in [4.69, 9.17) is 0 Å². The largest absolute Gasteiger partial charge is 0.394 e. The van der Waals surface area contributed by atoms with Crippen molar-refractivity contribution in [1.29, 1.82) is 0 Å². The van der Waals surface area contributed by atoms with Gasteiger partial charge in [0.1, 0.15) is 0 Å². The molecule has 2 fully saturated rings. The highest BCUT2D eigenvalue weighted by Gasteiger charge is 2.37. The van der Waals surface area contributed by atoms with Gasteiger partial charge >= 0.3 is 0 Å². The average Bonchev–Trinajstić information content (AvgIpc) is 3.07. The van der Waals surface area contributed by atoms with E-state index < -0.39 is 16.1 Å². The van der Waals surface area contributed by atoms with Gasteiger partial charge in [-0.2, -0.15) is 0 Å². The highest BCUT2D eigenvalue weighted by atomic mass is 32.2. The lowest BCUT2D eigenvalue weighted by Crippen LogP contribution is -2.49. The first-order valence-corrected chi connectivity index (χ1v) is 12.7. The summed E-state index contributed by atoms with van der Waals surface area (Å²) in [6, 6.07) is 11.1. The van der Waals surface area contributed by atoms with Crippen molar-refractivity contribution in [3.8, 4) is 0 Å². The van der Waals surface area contributed by atoms with Crippen molar-refractivity contribution in [1.82, 2.24) is 4.90 Å². The lowest BCUT2D eigenvalue weighted by Gasteiger charge is -2.37. The number of carbonyl (C=O) groups is 1. The summed E-state index contributed by atoms with van der Waals surface area (Å²) >= 11 is 0. The van der Waals surface area contributed by atoms with Crippen molar-refractivity contribution in [3.05, 3.63) is 58.7 Å². The van der Waals surface area contributed by atoms with Gasteiger partial charge in [-0.05, 0) is 62.6 Å². The van der Waals surface area contributed by atoms with Crippen molar-refractivity contribution >= 4 is 27.3 Å². The summed E-state index contributed by atoms with van der Waals surface area (Å²) in [6.07, 6.45) is 0.406. The van der Waals surface area contributed by atoms with Gasteiger partial charge < -0.3 is 14.9 Å². The number of piperazine rings is 1. The molecule has 8 heteroatoms. The molecule has 0 radical (unpaired) electrons. The maximum absolute atomic E-state index is 13.2. The van der Waals surface area contributed by atoms with Crippen LogP contribution in [0.4, 0.5) is 11.4 Å². The fraction of sp³-hybridized carbons (Fsp3) is 0.458. The van der Waals surface area contributed by atoms with E-state index >= 15 is 0 Å². The molecule has 0 unspecified atom stereocenters. The van der Waals surface area contributed by atoms with E-state index in [2.05, 4.69) is 36.9 Å². The molecule has 7 nitrogen and oxygen atoms in total. The van der Waals surface area contributed by atoms with Crippen LogP contribution in [0.25, 0.3) is 0 Å². The van der Waals surface area contributed by atoms with Crippen molar-refractivity contribution in [2.24, 2.45) is 0 Å². The topological polar surface area (TPSA) is 81.2 Å². The second-order valence-electron chi connectivity index (χ2n) is 8.81. The maximum Gasteiger partial charge on any atom is 0.254 e. The van der Waals surface area contributed by atoms with Crippen LogP contribution < -0.4 is 9.21 Å². The van der Waals surface area contributed by atoms with Crippen LogP contribution in [-0.2, 0) is 10.0 Å². The molecule has 1 amide bonds. The fourth-order valence-electron chi connectivity index (χ4n) is 4.77. The molecule has 2 aliphatic rings. The molecule has 0 saturated carbocycles.